The van der Waals surface area contributed by atoms with Gasteiger partial charge in [-0.1, -0.05) is 43.2 Å². The van der Waals surface area contributed by atoms with Crippen molar-refractivity contribution in [3.63, 3.8) is 0 Å². The highest BCUT2D eigenvalue weighted by molar-refractivity contribution is 7.91. The number of aromatic nitrogens is 2. The topological polar surface area (TPSA) is 139 Å². The van der Waals surface area contributed by atoms with E-state index in [4.69, 9.17) is 4.74 Å². The fourth-order valence-corrected chi connectivity index (χ4v) is 5.46. The molecule has 4 rings (SSSR count). The molecular weight excluding hydrogens is 481 g/mol. The average molecular weight is 509 g/mol. The molecule has 0 spiro atoms. The Hall–Kier alpha value is -3.28. The summed E-state index contributed by atoms with van der Waals surface area (Å²) < 4.78 is 32.1. The van der Waals surface area contributed by atoms with E-state index >= 15 is 0 Å². The van der Waals surface area contributed by atoms with Crippen molar-refractivity contribution in [2.24, 2.45) is 11.8 Å². The molecule has 0 unspecified atom stereocenters. The van der Waals surface area contributed by atoms with Crippen LogP contribution in [0.25, 0.3) is 0 Å². The van der Waals surface area contributed by atoms with Crippen LogP contribution in [0.4, 0.5) is 0 Å². The molecule has 2 atom stereocenters. The van der Waals surface area contributed by atoms with Crippen molar-refractivity contribution in [3.8, 4) is 11.8 Å². The number of ether oxygens (including phenoxy) is 1. The van der Waals surface area contributed by atoms with Crippen molar-refractivity contribution in [3.05, 3.63) is 78.6 Å². The Morgan fingerprint density at radius 2 is 1.69 bits per heavy atom. The third-order valence-electron chi connectivity index (χ3n) is 6.02. The van der Waals surface area contributed by atoms with Crippen molar-refractivity contribution in [2.45, 2.75) is 36.5 Å². The summed E-state index contributed by atoms with van der Waals surface area (Å²) in [6, 6.07) is 16.8. The van der Waals surface area contributed by atoms with Gasteiger partial charge >= 0.3 is 13.1 Å². The first kappa shape index (κ1) is 25.8. The van der Waals surface area contributed by atoms with Gasteiger partial charge in [0.05, 0.1) is 22.5 Å². The van der Waals surface area contributed by atoms with E-state index in [0.29, 0.717) is 18.1 Å². The second kappa shape index (κ2) is 11.6. The zero-order valence-corrected chi connectivity index (χ0v) is 20.4. The van der Waals surface area contributed by atoms with Crippen molar-refractivity contribution < 1.29 is 28.0 Å². The summed E-state index contributed by atoms with van der Waals surface area (Å²) >= 11 is 0. The number of sulfone groups is 1. The van der Waals surface area contributed by atoms with E-state index in [1.807, 2.05) is 30.3 Å². The van der Waals surface area contributed by atoms with Crippen LogP contribution >= 0.6 is 0 Å². The maximum atomic E-state index is 13.3. The molecule has 0 bridgehead atoms. The van der Waals surface area contributed by atoms with Gasteiger partial charge in [-0.25, -0.2) is 18.4 Å². The molecular formula is C25H28BN3O6S. The lowest BCUT2D eigenvalue weighted by Crippen LogP contribution is -2.50. The largest absolute Gasteiger partial charge is 0.475 e. The minimum absolute atomic E-state index is 0.0476. The monoisotopic (exact) mass is 509 g/mol. The highest BCUT2D eigenvalue weighted by atomic mass is 32.2. The third-order valence-corrected chi connectivity index (χ3v) is 7.85. The lowest BCUT2D eigenvalue weighted by molar-refractivity contribution is -0.124. The Labute approximate surface area is 210 Å². The molecule has 11 heteroatoms. The summed E-state index contributed by atoms with van der Waals surface area (Å²) in [7, 11) is -5.57. The molecule has 188 valence electrons. The number of amides is 1. The third kappa shape index (κ3) is 7.36. The molecule has 9 nitrogen and oxygen atoms in total. The molecule has 2 aromatic carbocycles. The Morgan fingerprint density at radius 1 is 1.03 bits per heavy atom. The van der Waals surface area contributed by atoms with Crippen LogP contribution in [0, 0.1) is 11.8 Å². The lowest BCUT2D eigenvalue weighted by Gasteiger charge is -2.22. The summed E-state index contributed by atoms with van der Waals surface area (Å²) in [6.07, 6.45) is 5.67. The van der Waals surface area contributed by atoms with Gasteiger partial charge in [0.1, 0.15) is 5.75 Å². The first-order valence-electron chi connectivity index (χ1n) is 11.8. The fraction of sp³-hybridized carbons (Fsp3) is 0.320. The summed E-state index contributed by atoms with van der Waals surface area (Å²) in [5.74, 6) is -2.02. The van der Waals surface area contributed by atoms with E-state index in [1.54, 1.807) is 6.07 Å². The van der Waals surface area contributed by atoms with E-state index in [-0.39, 0.29) is 17.3 Å². The number of carbonyl (C=O) groups is 1. The molecule has 1 fully saturated rings. The smallest absolute Gasteiger partial charge is 0.426 e. The first-order valence-corrected chi connectivity index (χ1v) is 13.4. The number of benzene rings is 2. The minimum Gasteiger partial charge on any atom is -0.426 e. The zero-order valence-electron chi connectivity index (χ0n) is 19.6. The Balaban J connectivity index is 1.50. The number of carbonyl (C=O) groups excluding carboxylic acids is 1. The van der Waals surface area contributed by atoms with Crippen molar-refractivity contribution >= 4 is 22.9 Å². The highest BCUT2D eigenvalue weighted by Crippen LogP contribution is 2.33. The maximum absolute atomic E-state index is 13.3. The molecule has 1 saturated carbocycles. The van der Waals surface area contributed by atoms with Gasteiger partial charge in [-0.3, -0.25) is 4.79 Å². The number of nitrogens with zero attached hydrogens (tertiary/aromatic N) is 2. The van der Waals surface area contributed by atoms with Gasteiger partial charge in [0, 0.05) is 12.4 Å². The van der Waals surface area contributed by atoms with Crippen LogP contribution in [0.2, 0.25) is 0 Å². The number of hydrogen-bond donors (Lipinski definition) is 3. The summed E-state index contributed by atoms with van der Waals surface area (Å²) in [6.45, 7) is 0. The first-order chi connectivity index (χ1) is 17.3. The van der Waals surface area contributed by atoms with Gasteiger partial charge in [0.15, 0.2) is 9.84 Å². The van der Waals surface area contributed by atoms with Crippen LogP contribution in [-0.4, -0.2) is 53.2 Å². The SMILES string of the molecule is O=C(N[C@@H](CC1CC1)B(O)O)[C@H](Cc1ccccc1)CS(=O)(=O)c1ccc(Oc2ncccn2)cc1. The van der Waals surface area contributed by atoms with Crippen molar-refractivity contribution in [1.82, 2.24) is 15.3 Å². The van der Waals surface area contributed by atoms with Gasteiger partial charge in [-0.2, -0.15) is 0 Å². The van der Waals surface area contributed by atoms with E-state index < -0.39 is 40.5 Å². The average Bonchev–Trinajstić information content (AvgIpc) is 3.69. The van der Waals surface area contributed by atoms with Gasteiger partial charge in [0.2, 0.25) is 5.91 Å². The Kier molecular flexibility index (Phi) is 8.34. The zero-order chi connectivity index (χ0) is 25.5. The van der Waals surface area contributed by atoms with Gasteiger partial charge in [-0.15, -0.1) is 0 Å². The van der Waals surface area contributed by atoms with Crippen molar-refractivity contribution in [2.75, 3.05) is 5.75 Å². The molecule has 1 aliphatic rings. The van der Waals surface area contributed by atoms with Gasteiger partial charge in [-0.05, 0) is 54.7 Å². The number of nitrogens with one attached hydrogen (secondary N) is 1. The van der Waals surface area contributed by atoms with Crippen LogP contribution in [0.15, 0.2) is 78.0 Å². The predicted octanol–water partition coefficient (Wildman–Crippen LogP) is 2.20. The lowest BCUT2D eigenvalue weighted by atomic mass is 9.76. The van der Waals surface area contributed by atoms with E-state index in [9.17, 15) is 23.3 Å². The second-order valence-electron chi connectivity index (χ2n) is 8.98. The van der Waals surface area contributed by atoms with Crippen LogP contribution in [0.1, 0.15) is 24.8 Å². The molecule has 0 radical (unpaired) electrons. The quantitative estimate of drug-likeness (QED) is 0.316. The fourth-order valence-electron chi connectivity index (χ4n) is 3.91. The van der Waals surface area contributed by atoms with Gasteiger partial charge in [0.25, 0.3) is 0 Å². The van der Waals surface area contributed by atoms with E-state index in [2.05, 4.69) is 15.3 Å². The van der Waals surface area contributed by atoms with Gasteiger partial charge < -0.3 is 20.1 Å². The molecule has 0 saturated heterocycles. The molecule has 1 aromatic heterocycles. The molecule has 1 heterocycles. The normalized spacial score (nSPS) is 15.1. The molecule has 36 heavy (non-hydrogen) atoms. The molecule has 3 aromatic rings. The van der Waals surface area contributed by atoms with Crippen LogP contribution in [0.3, 0.4) is 0 Å². The van der Waals surface area contributed by atoms with E-state index in [0.717, 1.165) is 18.4 Å². The molecule has 3 N–H and O–H groups in total. The Bertz CT molecular complexity index is 1240. The number of hydrogen-bond acceptors (Lipinski definition) is 8. The predicted molar refractivity (Wildman–Crippen MR) is 134 cm³/mol. The highest BCUT2D eigenvalue weighted by Gasteiger charge is 2.35. The van der Waals surface area contributed by atoms with Crippen molar-refractivity contribution in [1.29, 1.82) is 0 Å². The summed E-state index contributed by atoms with van der Waals surface area (Å²) in [5, 5.41) is 22.2. The van der Waals surface area contributed by atoms with Crippen LogP contribution in [0.5, 0.6) is 11.8 Å². The van der Waals surface area contributed by atoms with Crippen LogP contribution in [-0.2, 0) is 21.1 Å². The maximum Gasteiger partial charge on any atom is 0.475 e. The van der Waals surface area contributed by atoms with E-state index in [1.165, 1.54) is 36.7 Å². The standard InChI is InChI=1S/C25H28BN3O6S/c30-24(29-23(26(31)32)16-19-7-8-19)20(15-18-5-2-1-3-6-18)17-36(33,34)22-11-9-21(10-12-22)35-25-27-13-4-14-28-25/h1-6,9-14,19-20,23,31-32H,7-8,15-17H2,(H,29,30)/t20-,23+/m1/s1. The molecule has 1 amide bonds. The second-order valence-corrected chi connectivity index (χ2v) is 11.0. The summed E-state index contributed by atoms with van der Waals surface area (Å²) in [5.41, 5.74) is 0.808. The molecule has 0 aliphatic heterocycles. The summed E-state index contributed by atoms with van der Waals surface area (Å²) in [4.78, 5) is 21.2. The Morgan fingerprint density at radius 3 is 2.31 bits per heavy atom. The van der Waals surface area contributed by atoms with Crippen LogP contribution < -0.4 is 10.1 Å². The minimum atomic E-state index is -3.85. The number of rotatable bonds is 12. The molecule has 1 aliphatic carbocycles.